The molecule has 2 heterocycles. The highest BCUT2D eigenvalue weighted by Crippen LogP contribution is 2.32. The van der Waals surface area contributed by atoms with Crippen molar-refractivity contribution in [2.75, 3.05) is 51.6 Å². The predicted octanol–water partition coefficient (Wildman–Crippen LogP) is 5.10. The van der Waals surface area contributed by atoms with Gasteiger partial charge in [0.2, 0.25) is 17.7 Å². The smallest absolute Gasteiger partial charge is 0.305 e. The molecule has 2 N–H and O–H groups in total. The minimum Gasteiger partial charge on any atom is -0.463 e. The van der Waals surface area contributed by atoms with Crippen molar-refractivity contribution in [3.8, 4) is 0 Å². The Morgan fingerprint density at radius 1 is 0.740 bits per heavy atom. The van der Waals surface area contributed by atoms with Crippen LogP contribution < -0.4 is 10.6 Å². The van der Waals surface area contributed by atoms with Gasteiger partial charge in [-0.15, -0.1) is 0 Å². The van der Waals surface area contributed by atoms with Crippen molar-refractivity contribution in [2.45, 2.75) is 116 Å². The Bertz CT molecular complexity index is 1270. The highest BCUT2D eigenvalue weighted by atomic mass is 16.6. The van der Waals surface area contributed by atoms with E-state index in [2.05, 4.69) is 17.6 Å². The lowest BCUT2D eigenvalue weighted by Gasteiger charge is -2.27. The van der Waals surface area contributed by atoms with Gasteiger partial charge in [0, 0.05) is 25.9 Å². The van der Waals surface area contributed by atoms with Crippen LogP contribution in [0.5, 0.6) is 0 Å². The van der Waals surface area contributed by atoms with Gasteiger partial charge in [-0.1, -0.05) is 70.8 Å². The SMILES string of the molecule is CCCCCCCCCCCC(=O)OCCOCCOCCOCCCCCC(=O)Nc1cccc2c1C(=O)N(C1CCC(=O)NC1=O)C2=O. The minimum absolute atomic E-state index is 0.0310. The Morgan fingerprint density at radius 2 is 1.34 bits per heavy atom. The lowest BCUT2D eigenvalue weighted by Crippen LogP contribution is -2.54. The quantitative estimate of drug-likeness (QED) is 0.0716. The van der Waals surface area contributed by atoms with Crippen LogP contribution in [-0.2, 0) is 38.1 Å². The van der Waals surface area contributed by atoms with Gasteiger partial charge in [0.05, 0.1) is 49.8 Å². The molecule has 1 saturated heterocycles. The molecule has 0 bridgehead atoms. The Kier molecular flexibility index (Phi) is 19.3. The Hall–Kier alpha value is -3.68. The molecule has 1 fully saturated rings. The third-order valence-electron chi connectivity index (χ3n) is 8.65. The zero-order valence-electron chi connectivity index (χ0n) is 29.6. The number of carbonyl (C=O) groups is 6. The first-order valence-corrected chi connectivity index (χ1v) is 18.4. The molecule has 0 aliphatic carbocycles. The van der Waals surface area contributed by atoms with Crippen molar-refractivity contribution >= 4 is 41.2 Å². The van der Waals surface area contributed by atoms with Crippen molar-refractivity contribution in [2.24, 2.45) is 0 Å². The number of imide groups is 2. The van der Waals surface area contributed by atoms with Crippen LogP contribution in [0.1, 0.15) is 130 Å². The number of hydrogen-bond acceptors (Lipinski definition) is 10. The number of piperidine rings is 1. The number of unbranched alkanes of at least 4 members (excludes halogenated alkanes) is 10. The average Bonchev–Trinajstić information content (AvgIpc) is 3.35. The molecule has 2 aliphatic heterocycles. The van der Waals surface area contributed by atoms with Crippen LogP contribution in [0.3, 0.4) is 0 Å². The third-order valence-corrected chi connectivity index (χ3v) is 8.65. The van der Waals surface area contributed by atoms with Gasteiger partial charge in [-0.25, -0.2) is 0 Å². The number of carbonyl (C=O) groups excluding carboxylic acids is 6. The summed E-state index contributed by atoms with van der Waals surface area (Å²) in [6.45, 7) is 5.06. The first kappa shape index (κ1) is 40.7. The summed E-state index contributed by atoms with van der Waals surface area (Å²) in [5.41, 5.74) is 0.388. The van der Waals surface area contributed by atoms with Gasteiger partial charge >= 0.3 is 5.97 Å². The van der Waals surface area contributed by atoms with E-state index in [-0.39, 0.29) is 54.6 Å². The summed E-state index contributed by atoms with van der Waals surface area (Å²) in [5, 5.41) is 4.90. The molecule has 0 aromatic heterocycles. The van der Waals surface area contributed by atoms with Crippen LogP contribution >= 0.6 is 0 Å². The lowest BCUT2D eigenvalue weighted by molar-refractivity contribution is -0.145. The van der Waals surface area contributed by atoms with Gasteiger partial charge in [-0.2, -0.15) is 0 Å². The number of amides is 5. The van der Waals surface area contributed by atoms with Crippen LogP contribution in [0.25, 0.3) is 0 Å². The maximum absolute atomic E-state index is 13.2. The Morgan fingerprint density at radius 3 is 2.02 bits per heavy atom. The Balaban J connectivity index is 1.13. The number of rotatable bonds is 27. The number of esters is 1. The number of benzene rings is 1. The van der Waals surface area contributed by atoms with Crippen LogP contribution in [0.4, 0.5) is 5.69 Å². The molecule has 0 saturated carbocycles. The summed E-state index contributed by atoms with van der Waals surface area (Å²) in [7, 11) is 0. The minimum atomic E-state index is -1.07. The summed E-state index contributed by atoms with van der Waals surface area (Å²) in [6, 6.07) is 3.53. The van der Waals surface area contributed by atoms with Crippen molar-refractivity contribution in [1.82, 2.24) is 10.2 Å². The van der Waals surface area contributed by atoms with Crippen LogP contribution in [0.2, 0.25) is 0 Å². The van der Waals surface area contributed by atoms with Crippen LogP contribution in [0, 0.1) is 0 Å². The molecule has 13 nitrogen and oxygen atoms in total. The van der Waals surface area contributed by atoms with E-state index in [0.29, 0.717) is 52.5 Å². The van der Waals surface area contributed by atoms with Gasteiger partial charge in [0.15, 0.2) is 0 Å². The lowest BCUT2D eigenvalue weighted by atomic mass is 10.0. The fourth-order valence-corrected chi connectivity index (χ4v) is 5.91. The van der Waals surface area contributed by atoms with E-state index in [9.17, 15) is 28.8 Å². The highest BCUT2D eigenvalue weighted by molar-refractivity contribution is 6.26. The second-order valence-corrected chi connectivity index (χ2v) is 12.7. The molecule has 1 atom stereocenters. The van der Waals surface area contributed by atoms with Gasteiger partial charge in [-0.3, -0.25) is 39.0 Å². The molecule has 5 amide bonds. The van der Waals surface area contributed by atoms with Crippen LogP contribution in [-0.4, -0.2) is 92.7 Å². The fourth-order valence-electron chi connectivity index (χ4n) is 5.91. The molecule has 0 spiro atoms. The zero-order valence-corrected chi connectivity index (χ0v) is 29.6. The van der Waals surface area contributed by atoms with Gasteiger partial charge in [0.25, 0.3) is 11.8 Å². The number of hydrogen-bond donors (Lipinski definition) is 2. The predicted molar refractivity (Wildman–Crippen MR) is 185 cm³/mol. The summed E-state index contributed by atoms with van der Waals surface area (Å²) >= 11 is 0. The second-order valence-electron chi connectivity index (χ2n) is 12.7. The highest BCUT2D eigenvalue weighted by Gasteiger charge is 2.45. The summed E-state index contributed by atoms with van der Waals surface area (Å²) in [4.78, 5) is 75.2. The molecule has 3 rings (SSSR count). The largest absolute Gasteiger partial charge is 0.463 e. The number of nitrogens with zero attached hydrogens (tertiary/aromatic N) is 1. The number of anilines is 1. The van der Waals surface area contributed by atoms with Crippen LogP contribution in [0.15, 0.2) is 18.2 Å². The van der Waals surface area contributed by atoms with E-state index in [0.717, 1.165) is 30.6 Å². The summed E-state index contributed by atoms with van der Waals surface area (Å²) < 4.78 is 21.7. The molecule has 1 aromatic rings. The maximum atomic E-state index is 13.2. The first-order valence-electron chi connectivity index (χ1n) is 18.4. The molecular weight excluding hydrogens is 646 g/mol. The topological polar surface area (TPSA) is 167 Å². The van der Waals surface area contributed by atoms with E-state index in [1.54, 1.807) is 12.1 Å². The van der Waals surface area contributed by atoms with Gasteiger partial charge < -0.3 is 24.3 Å². The van der Waals surface area contributed by atoms with E-state index in [4.69, 9.17) is 18.9 Å². The number of nitrogens with one attached hydrogen (secondary N) is 2. The molecule has 1 unspecified atom stereocenters. The van der Waals surface area contributed by atoms with E-state index >= 15 is 0 Å². The molecule has 2 aliphatic rings. The van der Waals surface area contributed by atoms with Gasteiger partial charge in [0.1, 0.15) is 12.6 Å². The third kappa shape index (κ3) is 14.3. The van der Waals surface area contributed by atoms with Crippen molar-refractivity contribution in [1.29, 1.82) is 0 Å². The monoisotopic (exact) mass is 701 g/mol. The first-order chi connectivity index (χ1) is 24.3. The molecular formula is C37H55N3O10. The average molecular weight is 702 g/mol. The summed E-state index contributed by atoms with van der Waals surface area (Å²) in [5.74, 6) is -2.87. The zero-order chi connectivity index (χ0) is 36.0. The second kappa shape index (κ2) is 23.7. The molecule has 1 aromatic carbocycles. The number of ether oxygens (including phenoxy) is 4. The van der Waals surface area contributed by atoms with E-state index in [1.807, 2.05) is 0 Å². The number of fused-ring (bicyclic) bond motifs is 1. The standard InChI is InChI=1S/C37H55N3O10/c1-2-3-4-5-6-7-8-9-12-18-33(43)50-27-26-49-25-24-48-23-22-47-21-13-10-11-17-31(41)38-29-16-14-15-28-34(29)37(46)40(36(28)45)30-19-20-32(42)39-35(30)44/h14-16,30H,2-13,17-27H2,1H3,(H,38,41)(H,39,42,44). The van der Waals surface area contributed by atoms with E-state index < -0.39 is 29.7 Å². The Labute approximate surface area is 295 Å². The maximum Gasteiger partial charge on any atom is 0.305 e. The fraction of sp³-hybridized carbons (Fsp3) is 0.676. The molecule has 0 radical (unpaired) electrons. The van der Waals surface area contributed by atoms with Crippen molar-refractivity contribution in [3.63, 3.8) is 0 Å². The molecule has 13 heteroatoms. The van der Waals surface area contributed by atoms with Gasteiger partial charge in [-0.05, 0) is 37.8 Å². The van der Waals surface area contributed by atoms with Crippen molar-refractivity contribution < 1.29 is 47.7 Å². The normalized spacial score (nSPS) is 15.7. The van der Waals surface area contributed by atoms with E-state index in [1.165, 1.54) is 51.0 Å². The van der Waals surface area contributed by atoms with Crippen molar-refractivity contribution in [3.05, 3.63) is 29.3 Å². The molecule has 278 valence electrons. The molecule has 50 heavy (non-hydrogen) atoms. The summed E-state index contributed by atoms with van der Waals surface area (Å²) in [6.07, 6.45) is 13.8.